The standard InChI is InChI=1S/C21H31NO2/c1-13(22-24)17-6-7-18-16-5-4-14-12-15(23)8-10-20(14,2)19(16)9-11-21(17,18)3/h4,6,15-16,18-19,23-24H,5,7-12H2,1-3H3/b22-13-/t15?,16-,18-,19-,20-,21+/m0/s1. The first-order valence-corrected chi connectivity index (χ1v) is 9.67. The quantitative estimate of drug-likeness (QED) is 0.317. The maximum absolute atomic E-state index is 10.1. The number of rotatable bonds is 1. The highest BCUT2D eigenvalue weighted by molar-refractivity contribution is 5.99. The Bertz CT molecular complexity index is 634. The average Bonchev–Trinajstić information content (AvgIpc) is 2.92. The molecule has 4 rings (SSSR count). The van der Waals surface area contributed by atoms with Gasteiger partial charge in [-0.15, -0.1) is 0 Å². The number of oxime groups is 1. The van der Waals surface area contributed by atoms with Crippen LogP contribution in [-0.4, -0.2) is 22.1 Å². The van der Waals surface area contributed by atoms with Gasteiger partial charge in [0.15, 0.2) is 0 Å². The van der Waals surface area contributed by atoms with Gasteiger partial charge in [-0.2, -0.15) is 0 Å². The first-order valence-electron chi connectivity index (χ1n) is 9.67. The van der Waals surface area contributed by atoms with Gasteiger partial charge >= 0.3 is 0 Å². The van der Waals surface area contributed by atoms with Crippen molar-refractivity contribution in [2.45, 2.75) is 71.8 Å². The van der Waals surface area contributed by atoms with Crippen molar-refractivity contribution in [3.63, 3.8) is 0 Å². The van der Waals surface area contributed by atoms with Crippen LogP contribution < -0.4 is 0 Å². The van der Waals surface area contributed by atoms with Crippen LogP contribution in [0.2, 0.25) is 0 Å². The monoisotopic (exact) mass is 329 g/mol. The maximum Gasteiger partial charge on any atom is 0.0799 e. The minimum atomic E-state index is -0.127. The third-order valence-corrected chi connectivity index (χ3v) is 8.20. The summed E-state index contributed by atoms with van der Waals surface area (Å²) in [6.45, 7) is 6.80. The molecule has 0 aromatic heterocycles. The molecule has 4 aliphatic rings. The smallest absolute Gasteiger partial charge is 0.0799 e. The SMILES string of the molecule is C/C(=N/O)C1=CC[C@H]2[C@@H]3CC=C4CC(O)CC[C@]4(C)[C@H]3CC[C@]12C. The molecular formula is C21H31NO2. The Morgan fingerprint density at radius 3 is 2.58 bits per heavy atom. The zero-order valence-electron chi connectivity index (χ0n) is 15.3. The van der Waals surface area contributed by atoms with Gasteiger partial charge in [-0.3, -0.25) is 0 Å². The van der Waals surface area contributed by atoms with Crippen molar-refractivity contribution < 1.29 is 10.3 Å². The second-order valence-electron chi connectivity index (χ2n) is 9.15. The molecule has 6 atom stereocenters. The lowest BCUT2D eigenvalue weighted by Gasteiger charge is -2.57. The van der Waals surface area contributed by atoms with Crippen molar-refractivity contribution in [1.29, 1.82) is 0 Å². The number of fused-ring (bicyclic) bond motifs is 5. The molecule has 1 unspecified atom stereocenters. The average molecular weight is 329 g/mol. The van der Waals surface area contributed by atoms with Crippen LogP contribution in [0.15, 0.2) is 28.5 Å². The van der Waals surface area contributed by atoms with Crippen LogP contribution in [0.25, 0.3) is 0 Å². The molecule has 132 valence electrons. The summed E-state index contributed by atoms with van der Waals surface area (Å²) in [5.41, 5.74) is 4.09. The van der Waals surface area contributed by atoms with E-state index in [1.165, 1.54) is 30.4 Å². The van der Waals surface area contributed by atoms with Gasteiger partial charge in [-0.1, -0.05) is 36.7 Å². The van der Waals surface area contributed by atoms with Crippen LogP contribution in [0.1, 0.15) is 65.7 Å². The summed E-state index contributed by atoms with van der Waals surface area (Å²) in [5.74, 6) is 2.15. The molecule has 4 aliphatic carbocycles. The lowest BCUT2D eigenvalue weighted by Crippen LogP contribution is -2.50. The first-order chi connectivity index (χ1) is 11.4. The van der Waals surface area contributed by atoms with Crippen molar-refractivity contribution in [3.05, 3.63) is 23.3 Å². The predicted molar refractivity (Wildman–Crippen MR) is 96.1 cm³/mol. The molecule has 0 aromatic rings. The normalized spacial score (nSPS) is 48.1. The highest BCUT2D eigenvalue weighted by atomic mass is 16.4. The van der Waals surface area contributed by atoms with E-state index in [-0.39, 0.29) is 11.5 Å². The Balaban J connectivity index is 1.66. The van der Waals surface area contributed by atoms with Gasteiger partial charge in [-0.25, -0.2) is 0 Å². The maximum atomic E-state index is 10.1. The van der Waals surface area contributed by atoms with E-state index in [0.29, 0.717) is 11.3 Å². The second-order valence-corrected chi connectivity index (χ2v) is 9.15. The molecule has 0 amide bonds. The number of hydrogen-bond donors (Lipinski definition) is 2. The number of allylic oxidation sites excluding steroid dienone is 3. The highest BCUT2D eigenvalue weighted by Crippen LogP contribution is 2.65. The number of hydrogen-bond acceptors (Lipinski definition) is 3. The van der Waals surface area contributed by atoms with Crippen molar-refractivity contribution in [1.82, 2.24) is 0 Å². The Morgan fingerprint density at radius 1 is 1.08 bits per heavy atom. The van der Waals surface area contributed by atoms with E-state index >= 15 is 0 Å². The topological polar surface area (TPSA) is 52.8 Å². The van der Waals surface area contributed by atoms with E-state index < -0.39 is 0 Å². The number of aliphatic hydroxyl groups excluding tert-OH is 1. The van der Waals surface area contributed by atoms with Crippen LogP contribution in [0.3, 0.4) is 0 Å². The molecule has 2 fully saturated rings. The van der Waals surface area contributed by atoms with Crippen LogP contribution in [-0.2, 0) is 0 Å². The summed E-state index contributed by atoms with van der Waals surface area (Å²) in [6.07, 6.45) is 12.4. The summed E-state index contributed by atoms with van der Waals surface area (Å²) < 4.78 is 0. The molecule has 3 heteroatoms. The van der Waals surface area contributed by atoms with Gasteiger partial charge in [0.1, 0.15) is 0 Å². The molecule has 0 radical (unpaired) electrons. The Morgan fingerprint density at radius 2 is 1.83 bits per heavy atom. The molecule has 0 heterocycles. The summed E-state index contributed by atoms with van der Waals surface area (Å²) in [7, 11) is 0. The van der Waals surface area contributed by atoms with Crippen LogP contribution in [0.4, 0.5) is 0 Å². The van der Waals surface area contributed by atoms with Crippen LogP contribution in [0, 0.1) is 28.6 Å². The lowest BCUT2D eigenvalue weighted by molar-refractivity contribution is -0.0280. The van der Waals surface area contributed by atoms with E-state index in [9.17, 15) is 10.3 Å². The Labute approximate surface area is 145 Å². The van der Waals surface area contributed by atoms with E-state index in [2.05, 4.69) is 31.2 Å². The Hall–Kier alpha value is -1.09. The van der Waals surface area contributed by atoms with Crippen molar-refractivity contribution >= 4 is 5.71 Å². The largest absolute Gasteiger partial charge is 0.411 e. The minimum Gasteiger partial charge on any atom is -0.411 e. The van der Waals surface area contributed by atoms with Crippen LogP contribution in [0.5, 0.6) is 0 Å². The van der Waals surface area contributed by atoms with Gasteiger partial charge in [0, 0.05) is 0 Å². The van der Waals surface area contributed by atoms with Crippen molar-refractivity contribution in [2.24, 2.45) is 33.7 Å². The van der Waals surface area contributed by atoms with E-state index in [0.717, 1.165) is 43.2 Å². The van der Waals surface area contributed by atoms with Gasteiger partial charge in [0.25, 0.3) is 0 Å². The summed E-state index contributed by atoms with van der Waals surface area (Å²) in [5, 5.41) is 22.9. The molecule has 0 spiro atoms. The minimum absolute atomic E-state index is 0.127. The third-order valence-electron chi connectivity index (χ3n) is 8.20. The molecule has 0 bridgehead atoms. The van der Waals surface area contributed by atoms with E-state index in [1.807, 2.05) is 6.92 Å². The van der Waals surface area contributed by atoms with Gasteiger partial charge < -0.3 is 10.3 Å². The molecule has 0 aliphatic heterocycles. The first kappa shape index (κ1) is 16.4. The number of nitrogens with zero attached hydrogens (tertiary/aromatic N) is 1. The molecule has 0 saturated heterocycles. The zero-order chi connectivity index (χ0) is 17.1. The summed E-state index contributed by atoms with van der Waals surface area (Å²) in [6, 6.07) is 0. The Kier molecular flexibility index (Phi) is 3.72. The summed E-state index contributed by atoms with van der Waals surface area (Å²) >= 11 is 0. The van der Waals surface area contributed by atoms with Gasteiger partial charge in [0.05, 0.1) is 11.8 Å². The number of aliphatic hydroxyl groups is 1. The predicted octanol–water partition coefficient (Wildman–Crippen LogP) is 4.70. The van der Waals surface area contributed by atoms with Gasteiger partial charge in [-0.05, 0) is 86.0 Å². The molecule has 0 aromatic carbocycles. The van der Waals surface area contributed by atoms with E-state index in [4.69, 9.17) is 0 Å². The molecule has 2 saturated carbocycles. The van der Waals surface area contributed by atoms with Crippen molar-refractivity contribution in [3.8, 4) is 0 Å². The van der Waals surface area contributed by atoms with Gasteiger partial charge in [0.2, 0.25) is 0 Å². The molecular weight excluding hydrogens is 298 g/mol. The zero-order valence-corrected chi connectivity index (χ0v) is 15.3. The van der Waals surface area contributed by atoms with E-state index in [1.54, 1.807) is 0 Å². The molecule has 2 N–H and O–H groups in total. The fourth-order valence-corrected chi connectivity index (χ4v) is 6.82. The summed E-state index contributed by atoms with van der Waals surface area (Å²) in [4.78, 5) is 0. The molecule has 24 heavy (non-hydrogen) atoms. The fourth-order valence-electron chi connectivity index (χ4n) is 6.82. The second kappa shape index (κ2) is 5.45. The third kappa shape index (κ3) is 2.09. The fraction of sp³-hybridized carbons (Fsp3) is 0.762. The highest BCUT2D eigenvalue weighted by Gasteiger charge is 2.56. The van der Waals surface area contributed by atoms with Crippen molar-refractivity contribution in [2.75, 3.05) is 0 Å². The van der Waals surface area contributed by atoms with Crippen LogP contribution >= 0.6 is 0 Å². The molecule has 3 nitrogen and oxygen atoms in total. The lowest BCUT2D eigenvalue weighted by atomic mass is 9.47.